The van der Waals surface area contributed by atoms with Gasteiger partial charge in [0.25, 0.3) is 5.91 Å². The monoisotopic (exact) mass is 336 g/mol. The Labute approximate surface area is 135 Å². The van der Waals surface area contributed by atoms with Crippen LogP contribution in [0.5, 0.6) is 0 Å². The number of fused-ring (bicyclic) bond motifs is 1. The molecule has 6 nitrogen and oxygen atoms in total. The molecule has 0 aliphatic carbocycles. The first-order chi connectivity index (χ1) is 10.9. The van der Waals surface area contributed by atoms with Crippen LogP contribution in [-0.2, 0) is 10.0 Å². The molecule has 3 rings (SSSR count). The first kappa shape index (κ1) is 16.0. The lowest BCUT2D eigenvalue weighted by molar-refractivity contribution is 0.0605. The Morgan fingerprint density at radius 1 is 1.30 bits per heavy atom. The molecule has 1 aromatic carbocycles. The molecular weight excluding hydrogens is 316 g/mol. The molecule has 0 bridgehead atoms. The minimum atomic E-state index is -3.52. The Bertz CT molecular complexity index is 841. The van der Waals surface area contributed by atoms with Gasteiger partial charge in [-0.2, -0.15) is 0 Å². The summed E-state index contributed by atoms with van der Waals surface area (Å²) in [5.41, 5.74) is 0.507. The highest BCUT2D eigenvalue weighted by Gasteiger charge is 2.26. The quantitative estimate of drug-likeness (QED) is 0.933. The summed E-state index contributed by atoms with van der Waals surface area (Å²) in [6.07, 6.45) is 3.13. The van der Waals surface area contributed by atoms with Gasteiger partial charge in [-0.25, -0.2) is 13.1 Å². The van der Waals surface area contributed by atoms with Crippen molar-refractivity contribution >= 4 is 26.9 Å². The van der Waals surface area contributed by atoms with Gasteiger partial charge in [-0.05, 0) is 57.5 Å². The Morgan fingerprint density at radius 2 is 2.09 bits per heavy atom. The molecule has 0 saturated carbocycles. The second-order valence-electron chi connectivity index (χ2n) is 5.86. The third-order valence-corrected chi connectivity index (χ3v) is 5.75. The highest BCUT2D eigenvalue weighted by Crippen LogP contribution is 2.26. The van der Waals surface area contributed by atoms with E-state index in [1.54, 1.807) is 12.1 Å². The van der Waals surface area contributed by atoms with Crippen LogP contribution in [0.1, 0.15) is 36.7 Å². The molecule has 1 unspecified atom stereocenters. The van der Waals surface area contributed by atoms with Gasteiger partial charge in [0.2, 0.25) is 10.0 Å². The lowest BCUT2D eigenvalue weighted by Crippen LogP contribution is -2.41. The Hall–Kier alpha value is -1.86. The summed E-state index contributed by atoms with van der Waals surface area (Å²) in [6, 6.07) is 6.38. The minimum Gasteiger partial charge on any atom is -0.451 e. The zero-order valence-electron chi connectivity index (χ0n) is 13.2. The predicted molar refractivity (Wildman–Crippen MR) is 86.8 cm³/mol. The molecule has 2 aromatic rings. The van der Waals surface area contributed by atoms with Crippen LogP contribution in [0.25, 0.3) is 11.0 Å². The molecule has 1 saturated heterocycles. The summed E-state index contributed by atoms with van der Waals surface area (Å²) in [4.78, 5) is 14.6. The lowest BCUT2D eigenvalue weighted by Gasteiger charge is -2.32. The fourth-order valence-electron chi connectivity index (χ4n) is 2.95. The zero-order valence-corrected chi connectivity index (χ0v) is 14.0. The third-order valence-electron chi connectivity index (χ3n) is 4.34. The average Bonchev–Trinajstić information content (AvgIpc) is 2.97. The molecule has 1 fully saturated rings. The largest absolute Gasteiger partial charge is 0.451 e. The first-order valence-electron chi connectivity index (χ1n) is 7.70. The van der Waals surface area contributed by atoms with E-state index in [0.29, 0.717) is 11.0 Å². The summed E-state index contributed by atoms with van der Waals surface area (Å²) in [6.45, 7) is 2.77. The highest BCUT2D eigenvalue weighted by molar-refractivity contribution is 7.89. The van der Waals surface area contributed by atoms with Gasteiger partial charge in [-0.3, -0.25) is 4.79 Å². The number of piperidine rings is 1. The number of hydrogen-bond acceptors (Lipinski definition) is 4. The number of nitrogens with zero attached hydrogens (tertiary/aromatic N) is 1. The molecular formula is C16H20N2O4S. The minimum absolute atomic E-state index is 0.133. The van der Waals surface area contributed by atoms with E-state index in [-0.39, 0.29) is 22.6 Å². The summed E-state index contributed by atoms with van der Waals surface area (Å²) in [5, 5.41) is 0.606. The molecule has 1 amide bonds. The van der Waals surface area contributed by atoms with Crippen LogP contribution in [0, 0.1) is 0 Å². The standard InChI is InChI=1S/C16H20N2O4S/c1-11-5-3-4-8-18(11)16(19)15-10-12-9-13(23(20,21)17-2)6-7-14(12)22-15/h6-7,9-11,17H,3-5,8H2,1-2H3. The number of nitrogens with one attached hydrogen (secondary N) is 1. The number of benzene rings is 1. The van der Waals surface area contributed by atoms with E-state index >= 15 is 0 Å². The van der Waals surface area contributed by atoms with Gasteiger partial charge in [0, 0.05) is 18.0 Å². The number of sulfonamides is 1. The number of likely N-dealkylation sites (tertiary alicyclic amines) is 1. The van der Waals surface area contributed by atoms with E-state index in [1.165, 1.54) is 19.2 Å². The molecule has 1 aromatic heterocycles. The molecule has 23 heavy (non-hydrogen) atoms. The third kappa shape index (κ3) is 2.98. The maximum absolute atomic E-state index is 12.6. The average molecular weight is 336 g/mol. The van der Waals surface area contributed by atoms with Crippen molar-refractivity contribution in [2.45, 2.75) is 37.1 Å². The number of carbonyl (C=O) groups excluding carboxylic acids is 1. The number of hydrogen-bond donors (Lipinski definition) is 1. The maximum Gasteiger partial charge on any atom is 0.289 e. The summed E-state index contributed by atoms with van der Waals surface area (Å²) < 4.78 is 31.6. The van der Waals surface area contributed by atoms with E-state index in [1.807, 2.05) is 11.8 Å². The van der Waals surface area contributed by atoms with Gasteiger partial charge in [-0.15, -0.1) is 0 Å². The van der Waals surface area contributed by atoms with Crippen molar-refractivity contribution < 1.29 is 17.6 Å². The second kappa shape index (κ2) is 5.98. The van der Waals surface area contributed by atoms with Crippen molar-refractivity contribution in [1.82, 2.24) is 9.62 Å². The molecule has 0 spiro atoms. The molecule has 1 aliphatic heterocycles. The summed E-state index contributed by atoms with van der Waals surface area (Å²) in [7, 11) is -2.15. The van der Waals surface area contributed by atoms with Crippen LogP contribution in [0.4, 0.5) is 0 Å². The fraction of sp³-hybridized carbons (Fsp3) is 0.438. The van der Waals surface area contributed by atoms with Crippen molar-refractivity contribution in [3.05, 3.63) is 30.0 Å². The van der Waals surface area contributed by atoms with E-state index in [0.717, 1.165) is 25.8 Å². The van der Waals surface area contributed by atoms with E-state index < -0.39 is 10.0 Å². The topological polar surface area (TPSA) is 79.6 Å². The smallest absolute Gasteiger partial charge is 0.289 e. The van der Waals surface area contributed by atoms with Gasteiger partial charge in [0.15, 0.2) is 5.76 Å². The van der Waals surface area contributed by atoms with Gasteiger partial charge < -0.3 is 9.32 Å². The summed E-state index contributed by atoms with van der Waals surface area (Å²) in [5.74, 6) is 0.124. The van der Waals surface area contributed by atoms with Gasteiger partial charge in [0.05, 0.1) is 4.90 Å². The van der Waals surface area contributed by atoms with Gasteiger partial charge in [-0.1, -0.05) is 0 Å². The van der Waals surface area contributed by atoms with Gasteiger partial charge in [0.1, 0.15) is 5.58 Å². The Morgan fingerprint density at radius 3 is 2.78 bits per heavy atom. The van der Waals surface area contributed by atoms with Crippen molar-refractivity contribution in [3.8, 4) is 0 Å². The lowest BCUT2D eigenvalue weighted by atomic mass is 10.0. The number of rotatable bonds is 3. The van der Waals surface area contributed by atoms with E-state index in [9.17, 15) is 13.2 Å². The van der Waals surface area contributed by atoms with Crippen molar-refractivity contribution in [2.75, 3.05) is 13.6 Å². The first-order valence-corrected chi connectivity index (χ1v) is 9.19. The SMILES string of the molecule is CNS(=O)(=O)c1ccc2oc(C(=O)N3CCCCC3C)cc2c1. The van der Waals surface area contributed by atoms with Crippen LogP contribution >= 0.6 is 0 Å². The fourth-order valence-corrected chi connectivity index (χ4v) is 3.72. The number of amides is 1. The van der Waals surface area contributed by atoms with E-state index in [4.69, 9.17) is 4.42 Å². The Kier molecular flexibility index (Phi) is 4.16. The van der Waals surface area contributed by atoms with Crippen LogP contribution in [0.15, 0.2) is 33.6 Å². The van der Waals surface area contributed by atoms with Crippen molar-refractivity contribution in [3.63, 3.8) is 0 Å². The normalized spacial score (nSPS) is 19.2. The maximum atomic E-state index is 12.6. The van der Waals surface area contributed by atoms with Crippen molar-refractivity contribution in [2.24, 2.45) is 0 Å². The van der Waals surface area contributed by atoms with Gasteiger partial charge >= 0.3 is 0 Å². The van der Waals surface area contributed by atoms with Crippen LogP contribution in [0.2, 0.25) is 0 Å². The molecule has 0 radical (unpaired) electrons. The van der Waals surface area contributed by atoms with Crippen molar-refractivity contribution in [1.29, 1.82) is 0 Å². The molecule has 1 aliphatic rings. The summed E-state index contributed by atoms with van der Waals surface area (Å²) >= 11 is 0. The number of carbonyl (C=O) groups is 1. The molecule has 1 atom stereocenters. The van der Waals surface area contributed by atoms with Crippen LogP contribution in [-0.4, -0.2) is 38.9 Å². The molecule has 124 valence electrons. The Balaban J connectivity index is 1.95. The van der Waals surface area contributed by atoms with Crippen LogP contribution < -0.4 is 4.72 Å². The highest BCUT2D eigenvalue weighted by atomic mass is 32.2. The molecule has 2 heterocycles. The zero-order chi connectivity index (χ0) is 16.6. The predicted octanol–water partition coefficient (Wildman–Crippen LogP) is 2.36. The van der Waals surface area contributed by atoms with E-state index in [2.05, 4.69) is 4.72 Å². The van der Waals surface area contributed by atoms with Crippen LogP contribution in [0.3, 0.4) is 0 Å². The number of furan rings is 1. The molecule has 1 N–H and O–H groups in total. The second-order valence-corrected chi connectivity index (χ2v) is 7.75. The molecule has 7 heteroatoms.